The zero-order chi connectivity index (χ0) is 30.0. The Balaban J connectivity index is 1.41. The molecule has 0 bridgehead atoms. The van der Waals surface area contributed by atoms with E-state index in [-0.39, 0.29) is 36.7 Å². The van der Waals surface area contributed by atoms with Gasteiger partial charge in [0.15, 0.2) is 5.65 Å². The fraction of sp³-hybridized carbons (Fsp3) is 0.519. The highest BCUT2D eigenvalue weighted by molar-refractivity contribution is 5.76. The third-order valence-corrected chi connectivity index (χ3v) is 7.87. The van der Waals surface area contributed by atoms with Gasteiger partial charge < -0.3 is 14.8 Å². The van der Waals surface area contributed by atoms with E-state index in [1.54, 1.807) is 0 Å². The first-order valence-electron chi connectivity index (χ1n) is 13.6. The maximum atomic E-state index is 13.6. The Morgan fingerprint density at radius 1 is 0.905 bits per heavy atom. The minimum atomic E-state index is -4.96. The molecule has 2 aliphatic carbocycles. The van der Waals surface area contributed by atoms with Crippen LogP contribution in [-0.4, -0.2) is 40.8 Å². The molecule has 0 unspecified atom stereocenters. The van der Waals surface area contributed by atoms with Crippen molar-refractivity contribution in [1.82, 2.24) is 34.7 Å². The van der Waals surface area contributed by atoms with Crippen molar-refractivity contribution in [2.45, 2.75) is 64.1 Å². The number of anilines is 2. The van der Waals surface area contributed by atoms with Gasteiger partial charge in [-0.1, -0.05) is 5.10 Å². The molecule has 0 amide bonds. The summed E-state index contributed by atoms with van der Waals surface area (Å²) in [7, 11) is 3.38. The number of nitrogens with zero attached hydrogens (tertiary/aromatic N) is 8. The van der Waals surface area contributed by atoms with Crippen LogP contribution in [0.4, 0.5) is 38.1 Å². The molecular weight excluding hydrogens is 564 g/mol. The van der Waals surface area contributed by atoms with Gasteiger partial charge in [0, 0.05) is 25.2 Å². The third kappa shape index (κ3) is 5.86. The summed E-state index contributed by atoms with van der Waals surface area (Å²) in [5.74, 6) is 2.48. The number of rotatable bonds is 9. The van der Waals surface area contributed by atoms with Gasteiger partial charge >= 0.3 is 12.4 Å². The van der Waals surface area contributed by atoms with E-state index in [0.29, 0.717) is 34.4 Å². The van der Waals surface area contributed by atoms with Crippen LogP contribution >= 0.6 is 0 Å². The molecular formula is C27H29F6N9. The maximum absolute atomic E-state index is 13.6. The molecule has 2 fully saturated rings. The Kier molecular flexibility index (Phi) is 6.80. The van der Waals surface area contributed by atoms with Gasteiger partial charge in [-0.2, -0.15) is 31.1 Å². The van der Waals surface area contributed by atoms with Gasteiger partial charge in [-0.05, 0) is 79.5 Å². The molecule has 0 aliphatic heterocycles. The van der Waals surface area contributed by atoms with Crippen LogP contribution in [0.1, 0.15) is 53.8 Å². The van der Waals surface area contributed by atoms with E-state index in [9.17, 15) is 26.3 Å². The lowest BCUT2D eigenvalue weighted by Gasteiger charge is -2.25. The van der Waals surface area contributed by atoms with Crippen LogP contribution in [-0.2, 0) is 39.5 Å². The Morgan fingerprint density at radius 2 is 1.52 bits per heavy atom. The number of fused-ring (bicyclic) bond motifs is 1. The van der Waals surface area contributed by atoms with Crippen LogP contribution < -0.4 is 10.2 Å². The largest absolute Gasteiger partial charge is 0.416 e. The maximum Gasteiger partial charge on any atom is 0.416 e. The number of hydrogen-bond donors (Lipinski definition) is 1. The van der Waals surface area contributed by atoms with Gasteiger partial charge in [0.1, 0.15) is 17.2 Å². The summed E-state index contributed by atoms with van der Waals surface area (Å²) < 4.78 is 83.5. The minimum Gasteiger partial charge on any atom is -0.366 e. The molecule has 3 aromatic heterocycles. The van der Waals surface area contributed by atoms with Crippen molar-refractivity contribution < 1.29 is 26.3 Å². The van der Waals surface area contributed by atoms with Crippen LogP contribution in [0.5, 0.6) is 0 Å². The zero-order valence-corrected chi connectivity index (χ0v) is 23.1. The monoisotopic (exact) mass is 593 g/mol. The summed E-state index contributed by atoms with van der Waals surface area (Å²) in [6.07, 6.45) is -5.41. The zero-order valence-electron chi connectivity index (χ0n) is 23.1. The van der Waals surface area contributed by atoms with Gasteiger partial charge in [-0.3, -0.25) is 0 Å². The average molecular weight is 594 g/mol. The molecule has 224 valence electrons. The SMILES string of the molecule is Cc1nc2cc(CN(Cc3cc(C(F)(F)F)cc(C(F)(F)F)c3)c3nnn(C)n3)c(NC(C3CC3)C3CC3)nc2n1C. The quantitative estimate of drug-likeness (QED) is 0.251. The minimum absolute atomic E-state index is 0.0340. The molecule has 6 rings (SSSR count). The molecule has 0 spiro atoms. The van der Waals surface area contributed by atoms with Gasteiger partial charge in [0.05, 0.1) is 24.7 Å². The van der Waals surface area contributed by atoms with E-state index >= 15 is 0 Å². The second-order valence-corrected chi connectivity index (χ2v) is 11.3. The molecule has 2 aliphatic rings. The van der Waals surface area contributed by atoms with Crippen molar-refractivity contribution in [2.75, 3.05) is 10.2 Å². The van der Waals surface area contributed by atoms with Crippen LogP contribution in [0, 0.1) is 18.8 Å². The fourth-order valence-corrected chi connectivity index (χ4v) is 5.33. The highest BCUT2D eigenvalue weighted by atomic mass is 19.4. The Hall–Kier alpha value is -3.91. The molecule has 3 heterocycles. The predicted octanol–water partition coefficient (Wildman–Crippen LogP) is 5.65. The van der Waals surface area contributed by atoms with E-state index in [1.165, 1.54) is 16.7 Å². The standard InChI is InChI=1S/C27H29F6N9/c1-14-34-21-10-18(23(36-24(21)40(14)2)35-22(16-4-5-16)17-6-7-17)13-42(25-37-39-41(3)38-25)12-15-8-19(26(28,29)30)11-20(9-15)27(31,32)33/h8-11,16-17,22H,4-7,12-13H2,1-3H3,(H,35,36). The molecule has 1 aromatic carbocycles. The van der Waals surface area contributed by atoms with Crippen LogP contribution in [0.15, 0.2) is 24.3 Å². The number of hydrogen-bond acceptors (Lipinski definition) is 7. The number of imidazole rings is 1. The number of benzene rings is 1. The first-order chi connectivity index (χ1) is 19.8. The molecule has 42 heavy (non-hydrogen) atoms. The number of aromatic nitrogens is 7. The van der Waals surface area contributed by atoms with Gasteiger partial charge in [-0.25, -0.2) is 9.97 Å². The molecule has 1 N–H and O–H groups in total. The summed E-state index contributed by atoms with van der Waals surface area (Å²) in [5, 5.41) is 15.7. The number of pyridine rings is 1. The van der Waals surface area contributed by atoms with Crippen molar-refractivity contribution in [1.29, 1.82) is 0 Å². The Labute approximate surface area is 236 Å². The molecule has 9 nitrogen and oxygen atoms in total. The van der Waals surface area contributed by atoms with E-state index < -0.39 is 23.5 Å². The van der Waals surface area contributed by atoms with Crippen molar-refractivity contribution in [3.8, 4) is 0 Å². The van der Waals surface area contributed by atoms with Crippen LogP contribution in [0.25, 0.3) is 11.2 Å². The predicted molar refractivity (Wildman–Crippen MR) is 141 cm³/mol. The fourth-order valence-electron chi connectivity index (χ4n) is 5.33. The molecule has 4 aromatic rings. The lowest BCUT2D eigenvalue weighted by molar-refractivity contribution is -0.143. The summed E-state index contributed by atoms with van der Waals surface area (Å²) in [5.41, 5.74) is -1.01. The third-order valence-electron chi connectivity index (χ3n) is 7.87. The Morgan fingerprint density at radius 3 is 2.05 bits per heavy atom. The highest BCUT2D eigenvalue weighted by Gasteiger charge is 2.42. The average Bonchev–Trinajstić information content (AvgIpc) is 3.84. The topological polar surface area (TPSA) is 89.6 Å². The number of aryl methyl sites for hydroxylation is 3. The van der Waals surface area contributed by atoms with E-state index in [0.717, 1.165) is 43.6 Å². The first-order valence-corrected chi connectivity index (χ1v) is 13.6. The van der Waals surface area contributed by atoms with Gasteiger partial charge in [-0.15, -0.1) is 5.10 Å². The van der Waals surface area contributed by atoms with Crippen LogP contribution in [0.2, 0.25) is 0 Å². The van der Waals surface area contributed by atoms with Crippen molar-refractivity contribution in [2.24, 2.45) is 25.9 Å². The molecule has 0 radical (unpaired) electrons. The molecule has 0 atom stereocenters. The number of nitrogens with one attached hydrogen (secondary N) is 1. The summed E-state index contributed by atoms with van der Waals surface area (Å²) in [6.45, 7) is 1.55. The molecule has 2 saturated carbocycles. The summed E-state index contributed by atoms with van der Waals surface area (Å²) in [6, 6.07) is 3.65. The lowest BCUT2D eigenvalue weighted by Crippen LogP contribution is -2.28. The number of alkyl halides is 6. The number of halogens is 6. The van der Waals surface area contributed by atoms with Crippen LogP contribution in [0.3, 0.4) is 0 Å². The summed E-state index contributed by atoms with van der Waals surface area (Å²) in [4.78, 5) is 12.2. The van der Waals surface area contributed by atoms with Crippen molar-refractivity contribution in [3.05, 3.63) is 52.3 Å². The van der Waals surface area contributed by atoms with E-state index in [1.807, 2.05) is 24.6 Å². The lowest BCUT2D eigenvalue weighted by atomic mass is 10.0. The van der Waals surface area contributed by atoms with E-state index in [4.69, 9.17) is 4.98 Å². The smallest absolute Gasteiger partial charge is 0.366 e. The highest BCUT2D eigenvalue weighted by Crippen LogP contribution is 2.46. The first kappa shape index (κ1) is 28.2. The van der Waals surface area contributed by atoms with Gasteiger partial charge in [0.2, 0.25) is 0 Å². The second kappa shape index (κ2) is 10.1. The van der Waals surface area contributed by atoms with Gasteiger partial charge in [0.25, 0.3) is 5.95 Å². The van der Waals surface area contributed by atoms with Crippen molar-refractivity contribution in [3.63, 3.8) is 0 Å². The van der Waals surface area contributed by atoms with E-state index in [2.05, 4.69) is 25.7 Å². The Bertz CT molecular complexity index is 1570. The second-order valence-electron chi connectivity index (χ2n) is 11.3. The number of tetrazole rings is 1. The molecule has 0 saturated heterocycles. The van der Waals surface area contributed by atoms with Crippen molar-refractivity contribution >= 4 is 22.9 Å². The summed E-state index contributed by atoms with van der Waals surface area (Å²) >= 11 is 0. The normalized spacial score (nSPS) is 16.0. The molecule has 15 heteroatoms.